The molecule has 0 N–H and O–H groups in total. The normalized spacial score (nSPS) is 18.3. The molecule has 37 heavy (non-hydrogen) atoms. The third kappa shape index (κ3) is 7.11. The van der Waals surface area contributed by atoms with Gasteiger partial charge in [-0.05, 0) is 63.3 Å². The van der Waals surface area contributed by atoms with Gasteiger partial charge in [-0.3, -0.25) is 14.5 Å². The monoisotopic (exact) mass is 507 g/mol. The van der Waals surface area contributed by atoms with Gasteiger partial charge in [0.1, 0.15) is 5.75 Å². The molecule has 2 aliphatic heterocycles. The van der Waals surface area contributed by atoms with Crippen molar-refractivity contribution in [2.24, 2.45) is 5.92 Å². The van der Waals surface area contributed by atoms with Crippen LogP contribution in [0.15, 0.2) is 48.5 Å². The number of rotatable bonds is 5. The molecular formula is C30H41N3O4. The van der Waals surface area contributed by atoms with Crippen LogP contribution in [0.3, 0.4) is 0 Å². The first-order chi connectivity index (χ1) is 17.9. The number of anilines is 1. The lowest BCUT2D eigenvalue weighted by Gasteiger charge is -2.33. The number of hydrogen-bond donors (Lipinski definition) is 0. The Morgan fingerprint density at radius 2 is 1.73 bits per heavy atom. The van der Waals surface area contributed by atoms with Crippen molar-refractivity contribution in [3.8, 4) is 5.75 Å². The lowest BCUT2D eigenvalue weighted by atomic mass is 9.98. The van der Waals surface area contributed by atoms with Gasteiger partial charge in [0.25, 0.3) is 5.91 Å². The fraction of sp³-hybridized carbons (Fsp3) is 0.533. The van der Waals surface area contributed by atoms with Crippen molar-refractivity contribution in [3.05, 3.63) is 59.7 Å². The number of hydrogen-bond acceptors (Lipinski definition) is 5. The van der Waals surface area contributed by atoms with Crippen LogP contribution in [-0.4, -0.2) is 73.7 Å². The van der Waals surface area contributed by atoms with Gasteiger partial charge in [-0.25, -0.2) is 0 Å². The number of ether oxygens (including phenoxy) is 2. The number of carbonyl (C=O) groups excluding carboxylic acids is 2. The van der Waals surface area contributed by atoms with Crippen molar-refractivity contribution in [1.29, 1.82) is 0 Å². The van der Waals surface area contributed by atoms with Gasteiger partial charge in [-0.15, -0.1) is 0 Å². The summed E-state index contributed by atoms with van der Waals surface area (Å²) in [5.74, 6) is 0.802. The SMILES string of the molecule is Cc1cccc2c1N(C(=O)COc1ccccc1)CCCN(C(C)C)CCN(C(=O)C1CCOCC1)C2. The molecule has 0 bridgehead atoms. The molecule has 7 nitrogen and oxygen atoms in total. The maximum Gasteiger partial charge on any atom is 0.264 e. The van der Waals surface area contributed by atoms with E-state index in [-0.39, 0.29) is 24.3 Å². The summed E-state index contributed by atoms with van der Waals surface area (Å²) < 4.78 is 11.4. The lowest BCUT2D eigenvalue weighted by Crippen LogP contribution is -2.44. The smallest absolute Gasteiger partial charge is 0.264 e. The molecule has 0 atom stereocenters. The first-order valence-corrected chi connectivity index (χ1v) is 13.6. The van der Waals surface area contributed by atoms with E-state index in [4.69, 9.17) is 9.47 Å². The van der Waals surface area contributed by atoms with Gasteiger partial charge in [0.15, 0.2) is 6.61 Å². The highest BCUT2D eigenvalue weighted by atomic mass is 16.5. The van der Waals surface area contributed by atoms with Gasteiger partial charge in [-0.1, -0.05) is 36.4 Å². The van der Waals surface area contributed by atoms with E-state index in [2.05, 4.69) is 24.8 Å². The summed E-state index contributed by atoms with van der Waals surface area (Å²) in [6, 6.07) is 15.9. The highest BCUT2D eigenvalue weighted by Crippen LogP contribution is 2.29. The second kappa shape index (κ2) is 13.1. The summed E-state index contributed by atoms with van der Waals surface area (Å²) in [5.41, 5.74) is 2.95. The van der Waals surface area contributed by atoms with Crippen molar-refractivity contribution in [2.45, 2.75) is 52.6 Å². The van der Waals surface area contributed by atoms with Crippen LogP contribution in [0.5, 0.6) is 5.75 Å². The molecular weight excluding hydrogens is 466 g/mol. The predicted molar refractivity (Wildman–Crippen MR) is 146 cm³/mol. The summed E-state index contributed by atoms with van der Waals surface area (Å²) in [5, 5.41) is 0. The summed E-state index contributed by atoms with van der Waals surface area (Å²) in [6.45, 7) is 11.1. The zero-order valence-electron chi connectivity index (χ0n) is 22.5. The summed E-state index contributed by atoms with van der Waals surface area (Å²) in [7, 11) is 0. The molecule has 2 amide bonds. The minimum atomic E-state index is -0.0722. The van der Waals surface area contributed by atoms with Crippen molar-refractivity contribution < 1.29 is 19.1 Å². The number of carbonyl (C=O) groups is 2. The van der Waals surface area contributed by atoms with Crippen LogP contribution in [0.4, 0.5) is 5.69 Å². The maximum absolute atomic E-state index is 13.7. The largest absolute Gasteiger partial charge is 0.484 e. The molecule has 200 valence electrons. The predicted octanol–water partition coefficient (Wildman–Crippen LogP) is 4.28. The van der Waals surface area contributed by atoms with Crippen LogP contribution in [0.25, 0.3) is 0 Å². The minimum Gasteiger partial charge on any atom is -0.484 e. The Morgan fingerprint density at radius 1 is 0.973 bits per heavy atom. The third-order valence-electron chi connectivity index (χ3n) is 7.46. The summed E-state index contributed by atoms with van der Waals surface area (Å²) in [4.78, 5) is 33.6. The standard InChI is InChI=1S/C30H41N3O4/c1-23(2)31-15-8-16-33(28(34)22-37-27-11-5-4-6-12-27)29-24(3)9-7-10-26(29)21-32(18-17-31)30(35)25-13-19-36-20-14-25/h4-7,9-12,23,25H,8,13-22H2,1-3H3. The van der Waals surface area contributed by atoms with E-state index in [9.17, 15) is 9.59 Å². The Kier molecular flexibility index (Phi) is 9.58. The van der Waals surface area contributed by atoms with Crippen LogP contribution in [0.2, 0.25) is 0 Å². The Morgan fingerprint density at radius 3 is 2.46 bits per heavy atom. The van der Waals surface area contributed by atoms with E-state index in [0.717, 1.165) is 49.2 Å². The number of amides is 2. The van der Waals surface area contributed by atoms with E-state index in [1.54, 1.807) is 0 Å². The molecule has 2 heterocycles. The molecule has 0 aliphatic carbocycles. The molecule has 0 saturated carbocycles. The molecule has 0 aromatic heterocycles. The van der Waals surface area contributed by atoms with Crippen LogP contribution in [0.1, 0.15) is 44.2 Å². The average Bonchev–Trinajstić information content (AvgIpc) is 2.95. The van der Waals surface area contributed by atoms with Crippen LogP contribution >= 0.6 is 0 Å². The van der Waals surface area contributed by atoms with E-state index in [1.165, 1.54) is 0 Å². The van der Waals surface area contributed by atoms with Gasteiger partial charge >= 0.3 is 0 Å². The van der Waals surface area contributed by atoms with Gasteiger partial charge < -0.3 is 19.3 Å². The van der Waals surface area contributed by atoms with Gasteiger partial charge in [0.05, 0.1) is 5.69 Å². The number of fused-ring (bicyclic) bond motifs is 1. The second-order valence-corrected chi connectivity index (χ2v) is 10.4. The summed E-state index contributed by atoms with van der Waals surface area (Å²) in [6.07, 6.45) is 2.38. The first kappa shape index (κ1) is 27.1. The number of para-hydroxylation sites is 2. The van der Waals surface area contributed by atoms with E-state index < -0.39 is 0 Å². The van der Waals surface area contributed by atoms with Crippen LogP contribution < -0.4 is 9.64 Å². The topological polar surface area (TPSA) is 62.3 Å². The van der Waals surface area contributed by atoms with Crippen molar-refractivity contribution in [1.82, 2.24) is 9.80 Å². The fourth-order valence-corrected chi connectivity index (χ4v) is 5.32. The maximum atomic E-state index is 13.7. The first-order valence-electron chi connectivity index (χ1n) is 13.6. The Hall–Kier alpha value is -2.90. The molecule has 4 rings (SSSR count). The van der Waals surface area contributed by atoms with E-state index >= 15 is 0 Å². The van der Waals surface area contributed by atoms with Crippen molar-refractivity contribution in [2.75, 3.05) is 50.9 Å². The molecule has 0 radical (unpaired) electrons. The minimum absolute atomic E-state index is 0.00311. The van der Waals surface area contributed by atoms with E-state index in [1.807, 2.05) is 59.2 Å². The lowest BCUT2D eigenvalue weighted by molar-refractivity contribution is -0.139. The number of aryl methyl sites for hydroxylation is 1. The molecule has 0 unspecified atom stereocenters. The highest BCUT2D eigenvalue weighted by molar-refractivity contribution is 5.96. The molecule has 1 saturated heterocycles. The number of nitrogens with zero attached hydrogens (tertiary/aromatic N) is 3. The summed E-state index contributed by atoms with van der Waals surface area (Å²) >= 11 is 0. The van der Waals surface area contributed by atoms with Gasteiger partial charge in [0, 0.05) is 57.9 Å². The highest BCUT2D eigenvalue weighted by Gasteiger charge is 2.30. The quantitative estimate of drug-likeness (QED) is 0.605. The van der Waals surface area contributed by atoms with Crippen molar-refractivity contribution in [3.63, 3.8) is 0 Å². The second-order valence-electron chi connectivity index (χ2n) is 10.4. The van der Waals surface area contributed by atoms with Gasteiger partial charge in [0.2, 0.25) is 5.91 Å². The average molecular weight is 508 g/mol. The fourth-order valence-electron chi connectivity index (χ4n) is 5.32. The van der Waals surface area contributed by atoms with Gasteiger partial charge in [-0.2, -0.15) is 0 Å². The Balaban J connectivity index is 1.64. The molecule has 2 aliphatic rings. The van der Waals surface area contributed by atoms with Crippen LogP contribution in [-0.2, 0) is 20.9 Å². The number of benzene rings is 2. The molecule has 7 heteroatoms. The molecule has 2 aromatic rings. The van der Waals surface area contributed by atoms with E-state index in [0.29, 0.717) is 44.6 Å². The molecule has 2 aromatic carbocycles. The Labute approximate surface area is 221 Å². The van der Waals surface area contributed by atoms with Crippen molar-refractivity contribution >= 4 is 17.5 Å². The molecule has 0 spiro atoms. The third-order valence-corrected chi connectivity index (χ3v) is 7.46. The Bertz CT molecular complexity index is 1040. The zero-order valence-corrected chi connectivity index (χ0v) is 22.5. The van der Waals surface area contributed by atoms with Crippen LogP contribution in [0, 0.1) is 12.8 Å². The molecule has 1 fully saturated rings. The zero-order chi connectivity index (χ0) is 26.2.